The van der Waals surface area contributed by atoms with Crippen LogP contribution in [-0.4, -0.2) is 12.5 Å². The Balaban J connectivity index is 1.73. The summed E-state index contributed by atoms with van der Waals surface area (Å²) < 4.78 is 6.33. The molecular weight excluding hydrogens is 320 g/mol. The molecule has 5 heteroatoms. The minimum absolute atomic E-state index is 0.00765. The predicted octanol–water partition coefficient (Wildman–Crippen LogP) is 3.15. The van der Waals surface area contributed by atoms with Gasteiger partial charge in [0.1, 0.15) is 5.75 Å². The molecule has 1 atom stereocenters. The van der Waals surface area contributed by atoms with E-state index in [0.29, 0.717) is 11.7 Å². The number of rotatable bonds is 5. The summed E-state index contributed by atoms with van der Waals surface area (Å²) in [5.74, 6) is 1.05. The number of benzene rings is 1. The smallest absolute Gasteiger partial charge is 0.276 e. The first-order chi connectivity index (χ1) is 9.63. The van der Waals surface area contributed by atoms with E-state index >= 15 is 0 Å². The molecule has 0 aliphatic heterocycles. The van der Waals surface area contributed by atoms with Crippen molar-refractivity contribution in [2.24, 2.45) is 5.92 Å². The second-order valence-electron chi connectivity index (χ2n) is 4.98. The maximum Gasteiger partial charge on any atom is 0.276 e. The average molecular weight is 339 g/mol. The molecule has 1 aromatic carbocycles. The normalized spacial score (nSPS) is 18.1. The second-order valence-corrected chi connectivity index (χ2v) is 5.90. The highest BCUT2D eigenvalue weighted by Crippen LogP contribution is 2.20. The van der Waals surface area contributed by atoms with Gasteiger partial charge < -0.3 is 10.2 Å². The van der Waals surface area contributed by atoms with Crippen LogP contribution in [0.4, 0.5) is 0 Å². The van der Waals surface area contributed by atoms with Crippen LogP contribution in [-0.2, 0) is 4.79 Å². The van der Waals surface area contributed by atoms with Crippen molar-refractivity contribution in [3.63, 3.8) is 0 Å². The molecule has 0 spiro atoms. The van der Waals surface area contributed by atoms with Crippen molar-refractivity contribution in [3.05, 3.63) is 40.5 Å². The molecule has 1 aromatic rings. The number of halogens is 1. The Morgan fingerprint density at radius 2 is 2.35 bits per heavy atom. The topological polar surface area (TPSA) is 50.4 Å². The number of nitrogens with one attached hydrogen (secondary N) is 2. The van der Waals surface area contributed by atoms with Gasteiger partial charge >= 0.3 is 0 Å². The van der Waals surface area contributed by atoms with E-state index < -0.39 is 0 Å². The number of hydrogen-bond donors (Lipinski definition) is 2. The highest BCUT2D eigenvalue weighted by molar-refractivity contribution is 9.10. The average Bonchev–Trinajstić information content (AvgIpc) is 2.43. The Hall–Kier alpha value is -1.49. The van der Waals surface area contributed by atoms with Gasteiger partial charge in [-0.2, -0.15) is 0 Å². The fourth-order valence-electron chi connectivity index (χ4n) is 2.12. The Bertz CT molecular complexity index is 502. The van der Waals surface area contributed by atoms with E-state index in [9.17, 15) is 4.79 Å². The predicted molar refractivity (Wildman–Crippen MR) is 82.0 cm³/mol. The highest BCUT2D eigenvalue weighted by Gasteiger charge is 2.10. The first kappa shape index (κ1) is 14.9. The zero-order valence-electron chi connectivity index (χ0n) is 11.5. The van der Waals surface area contributed by atoms with Crippen molar-refractivity contribution in [2.45, 2.75) is 26.2 Å². The summed E-state index contributed by atoms with van der Waals surface area (Å²) in [4.78, 5) is 11.7. The molecule has 0 saturated heterocycles. The van der Waals surface area contributed by atoms with E-state index in [4.69, 9.17) is 4.74 Å². The van der Waals surface area contributed by atoms with Gasteiger partial charge in [-0.3, -0.25) is 10.2 Å². The van der Waals surface area contributed by atoms with Gasteiger partial charge in [0.25, 0.3) is 5.91 Å². The summed E-state index contributed by atoms with van der Waals surface area (Å²) >= 11 is 3.36. The molecule has 20 heavy (non-hydrogen) atoms. The van der Waals surface area contributed by atoms with E-state index in [1.807, 2.05) is 24.3 Å². The quantitative estimate of drug-likeness (QED) is 0.811. The maximum absolute atomic E-state index is 11.7. The van der Waals surface area contributed by atoms with Gasteiger partial charge in [0.15, 0.2) is 6.61 Å². The van der Waals surface area contributed by atoms with Gasteiger partial charge in [-0.25, -0.2) is 0 Å². The van der Waals surface area contributed by atoms with Gasteiger partial charge in [0.05, 0.1) is 0 Å². The fraction of sp³-hybridized carbons (Fsp3) is 0.400. The van der Waals surface area contributed by atoms with E-state index in [-0.39, 0.29) is 12.5 Å². The zero-order valence-corrected chi connectivity index (χ0v) is 13.1. The molecule has 0 fully saturated rings. The van der Waals surface area contributed by atoms with Crippen LogP contribution in [0.3, 0.4) is 0 Å². The fourth-order valence-corrected chi connectivity index (χ4v) is 2.50. The number of amides is 1. The lowest BCUT2D eigenvalue weighted by Crippen LogP contribution is -2.40. The Labute approximate surface area is 127 Å². The Morgan fingerprint density at radius 3 is 3.10 bits per heavy atom. The van der Waals surface area contributed by atoms with E-state index in [0.717, 1.165) is 23.0 Å². The maximum atomic E-state index is 11.7. The molecule has 0 bridgehead atoms. The number of ether oxygens (including phenoxy) is 1. The van der Waals surface area contributed by atoms with Gasteiger partial charge in [0, 0.05) is 10.2 Å². The molecule has 2 rings (SSSR count). The summed E-state index contributed by atoms with van der Waals surface area (Å²) in [6.07, 6.45) is 5.52. The van der Waals surface area contributed by atoms with Crippen molar-refractivity contribution >= 4 is 21.8 Å². The zero-order chi connectivity index (χ0) is 14.4. The van der Waals surface area contributed by atoms with Crippen molar-refractivity contribution in [1.82, 2.24) is 10.9 Å². The second kappa shape index (κ2) is 7.33. The van der Waals surface area contributed by atoms with E-state index in [1.54, 1.807) is 0 Å². The third-order valence-corrected chi connectivity index (χ3v) is 3.61. The lowest BCUT2D eigenvalue weighted by Gasteiger charge is -2.19. The van der Waals surface area contributed by atoms with Crippen LogP contribution in [0, 0.1) is 5.92 Å². The SMILES string of the molecule is C[C@@H]1C=C(NNC(=O)COc2cccc(Br)c2)CCC1. The summed E-state index contributed by atoms with van der Waals surface area (Å²) in [5.41, 5.74) is 6.72. The minimum Gasteiger partial charge on any atom is -0.484 e. The van der Waals surface area contributed by atoms with Crippen LogP contribution < -0.4 is 15.6 Å². The summed E-state index contributed by atoms with van der Waals surface area (Å²) in [5, 5.41) is 0. The van der Waals surface area contributed by atoms with Crippen LogP contribution in [0.25, 0.3) is 0 Å². The molecule has 0 unspecified atom stereocenters. The third-order valence-electron chi connectivity index (χ3n) is 3.12. The summed E-state index contributed by atoms with van der Waals surface area (Å²) in [6, 6.07) is 7.41. The molecule has 1 amide bonds. The third kappa shape index (κ3) is 4.89. The van der Waals surface area contributed by atoms with Crippen LogP contribution >= 0.6 is 15.9 Å². The molecule has 0 radical (unpaired) electrons. The molecule has 0 saturated carbocycles. The molecule has 1 aliphatic rings. The largest absolute Gasteiger partial charge is 0.484 e. The van der Waals surface area contributed by atoms with Crippen LogP contribution in [0.1, 0.15) is 26.2 Å². The minimum atomic E-state index is -0.191. The standard InChI is InChI=1S/C15H19BrN2O2/c1-11-4-2-6-13(8-11)17-18-15(19)10-20-14-7-3-5-12(16)9-14/h3,5,7-9,11,17H,2,4,6,10H2,1H3,(H,18,19)/t11-/m0/s1. The number of carbonyl (C=O) groups is 1. The van der Waals surface area contributed by atoms with Crippen molar-refractivity contribution in [2.75, 3.05) is 6.61 Å². The van der Waals surface area contributed by atoms with Gasteiger partial charge in [0.2, 0.25) is 0 Å². The monoisotopic (exact) mass is 338 g/mol. The molecule has 0 aromatic heterocycles. The number of hydrazine groups is 1. The van der Waals surface area contributed by atoms with E-state index in [2.05, 4.69) is 39.8 Å². The first-order valence-electron chi connectivity index (χ1n) is 6.77. The Kier molecular flexibility index (Phi) is 5.47. The molecule has 108 valence electrons. The van der Waals surface area contributed by atoms with Gasteiger partial charge in [-0.05, 0) is 43.4 Å². The number of carbonyl (C=O) groups excluding carboxylic acids is 1. The number of hydrogen-bond acceptors (Lipinski definition) is 3. The summed E-state index contributed by atoms with van der Waals surface area (Å²) in [7, 11) is 0. The molecule has 4 nitrogen and oxygen atoms in total. The van der Waals surface area contributed by atoms with Crippen LogP contribution in [0.15, 0.2) is 40.5 Å². The van der Waals surface area contributed by atoms with Crippen LogP contribution in [0.2, 0.25) is 0 Å². The lowest BCUT2D eigenvalue weighted by atomic mass is 9.96. The van der Waals surface area contributed by atoms with Gasteiger partial charge in [-0.15, -0.1) is 0 Å². The molecular formula is C15H19BrN2O2. The lowest BCUT2D eigenvalue weighted by molar-refractivity contribution is -0.123. The van der Waals surface area contributed by atoms with Crippen LogP contribution in [0.5, 0.6) is 5.75 Å². The molecule has 1 aliphatic carbocycles. The first-order valence-corrected chi connectivity index (χ1v) is 7.56. The molecule has 0 heterocycles. The van der Waals surface area contributed by atoms with Gasteiger partial charge in [-0.1, -0.05) is 35.0 Å². The van der Waals surface area contributed by atoms with E-state index in [1.165, 1.54) is 6.42 Å². The van der Waals surface area contributed by atoms with Crippen molar-refractivity contribution < 1.29 is 9.53 Å². The van der Waals surface area contributed by atoms with Crippen molar-refractivity contribution in [1.29, 1.82) is 0 Å². The Morgan fingerprint density at radius 1 is 1.50 bits per heavy atom. The van der Waals surface area contributed by atoms with Crippen molar-refractivity contribution in [3.8, 4) is 5.75 Å². The summed E-state index contributed by atoms with van der Waals surface area (Å²) in [6.45, 7) is 2.17. The number of allylic oxidation sites excluding steroid dienone is 2. The molecule has 2 N–H and O–H groups in total. The highest BCUT2D eigenvalue weighted by atomic mass is 79.9.